The minimum absolute atomic E-state index is 0.214. The first-order valence-corrected chi connectivity index (χ1v) is 12.2. The molecule has 0 atom stereocenters. The fraction of sp³-hybridized carbons (Fsp3) is 0.107. The third-order valence-electron chi connectivity index (χ3n) is 5.75. The maximum atomic E-state index is 13.2. The van der Waals surface area contributed by atoms with Crippen LogP contribution in [0.1, 0.15) is 15.9 Å². The third-order valence-corrected chi connectivity index (χ3v) is 6.51. The van der Waals surface area contributed by atoms with E-state index in [-0.39, 0.29) is 5.91 Å². The summed E-state index contributed by atoms with van der Waals surface area (Å²) in [4.78, 5) is 17.9. The van der Waals surface area contributed by atoms with Crippen molar-refractivity contribution in [3.63, 3.8) is 0 Å². The molecule has 1 amide bonds. The predicted molar refractivity (Wildman–Crippen MR) is 142 cm³/mol. The number of nitrogens with zero attached hydrogens (tertiary/aromatic N) is 3. The molecule has 5 aromatic rings. The van der Waals surface area contributed by atoms with Crippen LogP contribution in [0.3, 0.4) is 0 Å². The number of benzene rings is 3. The van der Waals surface area contributed by atoms with E-state index in [1.165, 1.54) is 11.3 Å². The van der Waals surface area contributed by atoms with Crippen LogP contribution in [0.2, 0.25) is 0 Å². The van der Waals surface area contributed by atoms with Crippen LogP contribution in [0, 0.1) is 0 Å². The van der Waals surface area contributed by atoms with Crippen LogP contribution in [0.5, 0.6) is 11.5 Å². The summed E-state index contributed by atoms with van der Waals surface area (Å²) >= 11 is 1.36. The lowest BCUT2D eigenvalue weighted by Gasteiger charge is -2.10. The number of carbonyl (C=O) groups excluding carboxylic acids is 1. The average molecular weight is 497 g/mol. The van der Waals surface area contributed by atoms with Gasteiger partial charge in [0.05, 0.1) is 26.5 Å². The van der Waals surface area contributed by atoms with Crippen molar-refractivity contribution in [2.24, 2.45) is 0 Å². The Morgan fingerprint density at radius 2 is 1.81 bits per heavy atom. The maximum Gasteiger partial charge on any atom is 0.258 e. The molecule has 1 N–H and O–H groups in total. The molecule has 36 heavy (non-hydrogen) atoms. The highest BCUT2D eigenvalue weighted by Gasteiger charge is 2.16. The van der Waals surface area contributed by atoms with Gasteiger partial charge in [-0.2, -0.15) is 5.10 Å². The average Bonchev–Trinajstić information content (AvgIpc) is 3.61. The van der Waals surface area contributed by atoms with Gasteiger partial charge in [-0.15, -0.1) is 11.3 Å². The Hall–Kier alpha value is -4.43. The lowest BCUT2D eigenvalue weighted by molar-refractivity contribution is 0.102. The van der Waals surface area contributed by atoms with Crippen molar-refractivity contribution in [1.29, 1.82) is 0 Å². The molecule has 0 saturated carbocycles. The molecule has 0 saturated heterocycles. The smallest absolute Gasteiger partial charge is 0.258 e. The quantitative estimate of drug-likeness (QED) is 0.285. The second-order valence-electron chi connectivity index (χ2n) is 8.00. The summed E-state index contributed by atoms with van der Waals surface area (Å²) in [6.07, 6.45) is 3.70. The molecule has 0 unspecified atom stereocenters. The molecule has 0 aliphatic heterocycles. The van der Waals surface area contributed by atoms with Crippen molar-refractivity contribution in [2.45, 2.75) is 6.54 Å². The summed E-state index contributed by atoms with van der Waals surface area (Å²) in [5, 5.41) is 9.61. The summed E-state index contributed by atoms with van der Waals surface area (Å²) in [6, 6.07) is 23.2. The molecule has 7 nitrogen and oxygen atoms in total. The molecule has 0 aliphatic rings. The van der Waals surface area contributed by atoms with Gasteiger partial charge in [-0.3, -0.25) is 14.8 Å². The second kappa shape index (κ2) is 10.5. The number of amides is 1. The molecule has 3 aromatic carbocycles. The Morgan fingerprint density at radius 1 is 0.972 bits per heavy atom. The highest BCUT2D eigenvalue weighted by Crippen LogP contribution is 2.35. The largest absolute Gasteiger partial charge is 0.497 e. The van der Waals surface area contributed by atoms with Gasteiger partial charge >= 0.3 is 0 Å². The monoisotopic (exact) mass is 496 g/mol. The summed E-state index contributed by atoms with van der Waals surface area (Å²) < 4.78 is 12.6. The Bertz CT molecular complexity index is 1480. The standard InChI is InChI=1S/C28H24N4O3S/c1-34-21-12-13-24(26(16-21)35-2)25-18-36-28(30-25)31-27(33)23-7-4-3-6-22(23)20-10-8-19(9-11-20)17-32-15-5-14-29-32/h3-16,18H,17H2,1-2H3,(H,30,31,33). The molecule has 2 aromatic heterocycles. The number of hydrogen-bond donors (Lipinski definition) is 1. The Labute approximate surface area is 213 Å². The first kappa shape index (κ1) is 23.3. The second-order valence-corrected chi connectivity index (χ2v) is 8.86. The van der Waals surface area contributed by atoms with E-state index in [0.29, 0.717) is 28.7 Å². The van der Waals surface area contributed by atoms with Crippen molar-refractivity contribution < 1.29 is 14.3 Å². The van der Waals surface area contributed by atoms with E-state index in [4.69, 9.17) is 9.47 Å². The number of rotatable bonds is 8. The van der Waals surface area contributed by atoms with E-state index < -0.39 is 0 Å². The molecule has 0 radical (unpaired) electrons. The first-order valence-electron chi connectivity index (χ1n) is 11.3. The molecular formula is C28H24N4O3S. The van der Waals surface area contributed by atoms with Crippen LogP contribution in [0.25, 0.3) is 22.4 Å². The zero-order valence-corrected chi connectivity index (χ0v) is 20.7. The highest BCUT2D eigenvalue weighted by molar-refractivity contribution is 7.14. The van der Waals surface area contributed by atoms with Crippen LogP contribution in [0.15, 0.2) is 90.6 Å². The van der Waals surface area contributed by atoms with Crippen LogP contribution in [0.4, 0.5) is 5.13 Å². The number of thiazole rings is 1. The zero-order valence-electron chi connectivity index (χ0n) is 19.8. The number of ether oxygens (including phenoxy) is 2. The van der Waals surface area contributed by atoms with E-state index in [1.807, 2.05) is 76.9 Å². The minimum atomic E-state index is -0.214. The van der Waals surface area contributed by atoms with Crippen LogP contribution in [-0.4, -0.2) is 34.9 Å². The number of methoxy groups -OCH3 is 2. The molecule has 8 heteroatoms. The topological polar surface area (TPSA) is 78.3 Å². The summed E-state index contributed by atoms with van der Waals surface area (Å²) in [6.45, 7) is 0.695. The number of hydrogen-bond acceptors (Lipinski definition) is 6. The Kier molecular flexibility index (Phi) is 6.77. The van der Waals surface area contributed by atoms with Crippen molar-refractivity contribution in [3.8, 4) is 33.9 Å². The summed E-state index contributed by atoms with van der Waals surface area (Å²) in [5.41, 5.74) is 5.08. The third kappa shape index (κ3) is 4.99. The number of nitrogens with one attached hydrogen (secondary N) is 1. The summed E-state index contributed by atoms with van der Waals surface area (Å²) in [7, 11) is 3.21. The van der Waals surface area contributed by atoms with Gasteiger partial charge in [0.1, 0.15) is 11.5 Å². The summed E-state index contributed by atoms with van der Waals surface area (Å²) in [5.74, 6) is 1.14. The van der Waals surface area contributed by atoms with Gasteiger partial charge in [0.2, 0.25) is 0 Å². The molecule has 5 rings (SSSR count). The van der Waals surface area contributed by atoms with E-state index in [0.717, 1.165) is 27.9 Å². The van der Waals surface area contributed by atoms with Gasteiger partial charge in [0.15, 0.2) is 5.13 Å². The highest BCUT2D eigenvalue weighted by atomic mass is 32.1. The molecular weight excluding hydrogens is 472 g/mol. The van der Waals surface area contributed by atoms with Crippen molar-refractivity contribution in [3.05, 3.63) is 102 Å². The predicted octanol–water partition coefficient (Wildman–Crippen LogP) is 5.99. The normalized spacial score (nSPS) is 10.7. The number of aromatic nitrogens is 3. The first-order chi connectivity index (χ1) is 17.6. The fourth-order valence-corrected chi connectivity index (χ4v) is 4.64. The molecule has 180 valence electrons. The van der Waals surface area contributed by atoms with Gasteiger partial charge in [0, 0.05) is 35.0 Å². The van der Waals surface area contributed by atoms with Crippen LogP contribution >= 0.6 is 11.3 Å². The van der Waals surface area contributed by atoms with Gasteiger partial charge < -0.3 is 9.47 Å². The number of anilines is 1. The van der Waals surface area contributed by atoms with Crippen molar-refractivity contribution in [1.82, 2.24) is 14.8 Å². The molecule has 0 bridgehead atoms. The van der Waals surface area contributed by atoms with Crippen molar-refractivity contribution in [2.75, 3.05) is 19.5 Å². The van der Waals surface area contributed by atoms with Crippen LogP contribution in [-0.2, 0) is 6.54 Å². The Balaban J connectivity index is 1.35. The van der Waals surface area contributed by atoms with Crippen LogP contribution < -0.4 is 14.8 Å². The Morgan fingerprint density at radius 3 is 2.56 bits per heavy atom. The molecule has 2 heterocycles. The maximum absolute atomic E-state index is 13.2. The molecule has 0 fully saturated rings. The fourth-order valence-electron chi connectivity index (χ4n) is 3.93. The van der Waals surface area contributed by atoms with E-state index in [9.17, 15) is 4.79 Å². The molecule has 0 aliphatic carbocycles. The van der Waals surface area contributed by atoms with Gasteiger partial charge in [-0.25, -0.2) is 4.98 Å². The van der Waals surface area contributed by atoms with Gasteiger partial charge in [-0.05, 0) is 41.0 Å². The molecule has 0 spiro atoms. The lowest BCUT2D eigenvalue weighted by Crippen LogP contribution is -2.13. The number of carbonyl (C=O) groups is 1. The van der Waals surface area contributed by atoms with E-state index in [2.05, 4.69) is 27.5 Å². The lowest BCUT2D eigenvalue weighted by atomic mass is 9.98. The minimum Gasteiger partial charge on any atom is -0.497 e. The van der Waals surface area contributed by atoms with Gasteiger partial charge in [0.25, 0.3) is 5.91 Å². The van der Waals surface area contributed by atoms with Crippen molar-refractivity contribution >= 4 is 22.4 Å². The van der Waals surface area contributed by atoms with E-state index >= 15 is 0 Å². The SMILES string of the molecule is COc1ccc(-c2csc(NC(=O)c3ccccc3-c3ccc(Cn4cccn4)cc3)n2)c(OC)c1. The zero-order chi connectivity index (χ0) is 24.9. The van der Waals surface area contributed by atoms with E-state index in [1.54, 1.807) is 20.4 Å². The van der Waals surface area contributed by atoms with Gasteiger partial charge in [-0.1, -0.05) is 42.5 Å².